The van der Waals surface area contributed by atoms with Crippen molar-refractivity contribution in [3.8, 4) is 16.8 Å². The Bertz CT molecular complexity index is 701. The second-order valence-corrected chi connectivity index (χ2v) is 4.97. The quantitative estimate of drug-likeness (QED) is 0.621. The summed E-state index contributed by atoms with van der Waals surface area (Å²) >= 11 is 3.08. The summed E-state index contributed by atoms with van der Waals surface area (Å²) in [6, 6.07) is 10.1. The maximum atomic E-state index is 9.74. The molecule has 0 saturated carbocycles. The van der Waals surface area contributed by atoms with Crippen molar-refractivity contribution < 1.29 is 0 Å². The Hall–Kier alpha value is -2.37. The average Bonchev–Trinajstić information content (AvgIpc) is 3.01. The van der Waals surface area contributed by atoms with Gasteiger partial charge in [0.25, 0.3) is 0 Å². The van der Waals surface area contributed by atoms with E-state index >= 15 is 0 Å². The van der Waals surface area contributed by atoms with Crippen LogP contribution in [0.1, 0.15) is 17.5 Å². The van der Waals surface area contributed by atoms with Crippen LogP contribution in [-0.4, -0.2) is 14.8 Å². The van der Waals surface area contributed by atoms with Crippen LogP contribution < -0.4 is 0 Å². The van der Waals surface area contributed by atoms with Crippen molar-refractivity contribution in [1.82, 2.24) is 14.8 Å². The third kappa shape index (κ3) is 3.39. The first-order chi connectivity index (χ1) is 10.2. The van der Waals surface area contributed by atoms with E-state index in [4.69, 9.17) is 0 Å². The molecule has 2 rings (SSSR count). The monoisotopic (exact) mass is 340 g/mol. The fourth-order valence-corrected chi connectivity index (χ4v) is 2.41. The summed E-state index contributed by atoms with van der Waals surface area (Å²) in [5, 5.41) is 13.8. The molecule has 5 heteroatoms. The van der Waals surface area contributed by atoms with Crippen LogP contribution >= 0.6 is 15.9 Å². The Morgan fingerprint density at radius 1 is 1.38 bits per heavy atom. The first-order valence-corrected chi connectivity index (χ1v) is 7.10. The summed E-state index contributed by atoms with van der Waals surface area (Å²) in [5.41, 5.74) is 1.10. The summed E-state index contributed by atoms with van der Waals surface area (Å²) in [6.45, 7) is 4.20. The topological polar surface area (TPSA) is 54.5 Å². The molecular weight excluding hydrogens is 328 g/mol. The second kappa shape index (κ2) is 6.88. The molecule has 0 bridgehead atoms. The van der Waals surface area contributed by atoms with Crippen LogP contribution in [0.25, 0.3) is 0 Å². The second-order valence-electron chi connectivity index (χ2n) is 4.58. The average molecular weight is 341 g/mol. The number of halogens is 1. The zero-order valence-electron chi connectivity index (χ0n) is 11.3. The van der Waals surface area contributed by atoms with Crippen molar-refractivity contribution in [2.24, 2.45) is 0 Å². The molecule has 0 saturated heterocycles. The zero-order chi connectivity index (χ0) is 15.1. The normalized spacial score (nSPS) is 12.6. The van der Waals surface area contributed by atoms with Gasteiger partial charge in [-0.05, 0) is 28.9 Å². The van der Waals surface area contributed by atoms with Gasteiger partial charge in [0.15, 0.2) is 0 Å². The Balaban J connectivity index is 2.40. The van der Waals surface area contributed by atoms with Crippen LogP contribution in [0.2, 0.25) is 0 Å². The van der Waals surface area contributed by atoms with E-state index in [1.54, 1.807) is 17.1 Å². The van der Waals surface area contributed by atoms with Gasteiger partial charge in [0, 0.05) is 21.5 Å². The van der Waals surface area contributed by atoms with E-state index in [1.807, 2.05) is 24.3 Å². The van der Waals surface area contributed by atoms with Gasteiger partial charge < -0.3 is 0 Å². The van der Waals surface area contributed by atoms with Crippen LogP contribution in [0.5, 0.6) is 0 Å². The number of allylic oxidation sites excluding steroid dienone is 1. The summed E-state index contributed by atoms with van der Waals surface area (Å²) in [7, 11) is 0. The largest absolute Gasteiger partial charge is 0.251 e. The minimum absolute atomic E-state index is 0.430. The van der Waals surface area contributed by atoms with Crippen LogP contribution in [-0.2, 0) is 12.0 Å². The lowest BCUT2D eigenvalue weighted by Crippen LogP contribution is -2.30. The molecule has 1 atom stereocenters. The van der Waals surface area contributed by atoms with Gasteiger partial charge in [-0.2, -0.15) is 10.4 Å². The number of nitrogens with zero attached hydrogens (tertiary/aromatic N) is 4. The minimum Gasteiger partial charge on any atom is -0.251 e. The molecule has 104 valence electrons. The van der Waals surface area contributed by atoms with Gasteiger partial charge >= 0.3 is 0 Å². The summed E-state index contributed by atoms with van der Waals surface area (Å²) in [6.07, 6.45) is 5.36. The third-order valence-corrected chi connectivity index (χ3v) is 3.43. The molecular formula is C16H13BrN4. The Labute approximate surface area is 132 Å². The van der Waals surface area contributed by atoms with E-state index in [-0.39, 0.29) is 0 Å². The molecule has 0 aliphatic rings. The van der Waals surface area contributed by atoms with Crippen molar-refractivity contribution in [2.75, 3.05) is 0 Å². The highest BCUT2D eigenvalue weighted by atomic mass is 79.9. The molecule has 1 heterocycles. The minimum atomic E-state index is -0.712. The van der Waals surface area contributed by atoms with Crippen molar-refractivity contribution in [3.05, 3.63) is 60.7 Å². The van der Waals surface area contributed by atoms with Gasteiger partial charge in [-0.15, -0.1) is 6.58 Å². The number of rotatable bonds is 5. The van der Waals surface area contributed by atoms with Gasteiger partial charge in [-0.3, -0.25) is 4.68 Å². The SMILES string of the molecule is C=CCC(C#N)(Cn1cncn1)c1ccc(C#CBr)cc1. The molecule has 0 aliphatic heterocycles. The van der Waals surface area contributed by atoms with E-state index in [9.17, 15) is 5.26 Å². The predicted octanol–water partition coefficient (Wildman–Crippen LogP) is 3.02. The maximum Gasteiger partial charge on any atom is 0.137 e. The first kappa shape index (κ1) is 15.0. The highest BCUT2D eigenvalue weighted by Crippen LogP contribution is 2.30. The van der Waals surface area contributed by atoms with Crippen molar-refractivity contribution in [1.29, 1.82) is 5.26 Å². The molecule has 1 aromatic heterocycles. The molecule has 21 heavy (non-hydrogen) atoms. The molecule has 4 nitrogen and oxygen atoms in total. The lowest BCUT2D eigenvalue weighted by Gasteiger charge is -2.25. The number of hydrogen-bond acceptors (Lipinski definition) is 3. The molecule has 0 fully saturated rings. The fraction of sp³-hybridized carbons (Fsp3) is 0.188. The number of nitriles is 1. The molecule has 0 N–H and O–H groups in total. The summed E-state index contributed by atoms with van der Waals surface area (Å²) in [4.78, 5) is 6.60. The highest BCUT2D eigenvalue weighted by Gasteiger charge is 2.32. The molecule has 0 radical (unpaired) electrons. The molecule has 0 spiro atoms. The number of benzene rings is 1. The van der Waals surface area contributed by atoms with Crippen molar-refractivity contribution in [2.45, 2.75) is 18.4 Å². The van der Waals surface area contributed by atoms with Crippen molar-refractivity contribution >= 4 is 15.9 Å². The van der Waals surface area contributed by atoms with Crippen LogP contribution in [0.4, 0.5) is 0 Å². The Kier molecular flexibility index (Phi) is 4.92. The van der Waals surface area contributed by atoms with Gasteiger partial charge in [-0.1, -0.05) is 24.1 Å². The van der Waals surface area contributed by atoms with Gasteiger partial charge in [-0.25, -0.2) is 4.98 Å². The smallest absolute Gasteiger partial charge is 0.137 e. The van der Waals surface area contributed by atoms with Gasteiger partial charge in [0.1, 0.15) is 18.1 Å². The van der Waals surface area contributed by atoms with Crippen LogP contribution in [0.3, 0.4) is 0 Å². The lowest BCUT2D eigenvalue weighted by atomic mass is 9.78. The first-order valence-electron chi connectivity index (χ1n) is 6.31. The molecule has 1 unspecified atom stereocenters. The molecule has 2 aromatic rings. The standard InChI is InChI=1S/C16H13BrN4/c1-2-8-16(10-18,11-21-13-19-12-20-21)15-5-3-14(4-6-15)7-9-17/h2-6,12-13H,1,8,11H2. The number of hydrogen-bond donors (Lipinski definition) is 0. The zero-order valence-corrected chi connectivity index (χ0v) is 12.9. The summed E-state index contributed by atoms with van der Waals surface area (Å²) in [5.74, 6) is 2.92. The molecule has 0 aliphatic carbocycles. The van der Waals surface area contributed by atoms with Gasteiger partial charge in [0.2, 0.25) is 0 Å². The van der Waals surface area contributed by atoms with Gasteiger partial charge in [0.05, 0.1) is 12.6 Å². The third-order valence-electron chi connectivity index (χ3n) is 3.23. The van der Waals surface area contributed by atoms with Crippen molar-refractivity contribution in [3.63, 3.8) is 0 Å². The van der Waals surface area contributed by atoms with Crippen LogP contribution in [0, 0.1) is 22.1 Å². The fourth-order valence-electron chi connectivity index (χ4n) is 2.18. The van der Waals surface area contributed by atoms with E-state index in [0.29, 0.717) is 13.0 Å². The van der Waals surface area contributed by atoms with Crippen LogP contribution in [0.15, 0.2) is 49.6 Å². The highest BCUT2D eigenvalue weighted by molar-refractivity contribution is 9.12. The van der Waals surface area contributed by atoms with E-state index in [1.165, 1.54) is 6.33 Å². The van der Waals surface area contributed by atoms with E-state index in [0.717, 1.165) is 11.1 Å². The maximum absolute atomic E-state index is 9.74. The molecule has 0 amide bonds. The summed E-state index contributed by atoms with van der Waals surface area (Å²) < 4.78 is 1.67. The lowest BCUT2D eigenvalue weighted by molar-refractivity contribution is 0.431. The van der Waals surface area contributed by atoms with E-state index < -0.39 is 5.41 Å². The predicted molar refractivity (Wildman–Crippen MR) is 84.4 cm³/mol. The molecule has 1 aromatic carbocycles. The number of aromatic nitrogens is 3. The Morgan fingerprint density at radius 3 is 2.67 bits per heavy atom. The van der Waals surface area contributed by atoms with E-state index in [2.05, 4.69) is 49.4 Å². The Morgan fingerprint density at radius 2 is 2.14 bits per heavy atom.